The van der Waals surface area contributed by atoms with Gasteiger partial charge in [-0.25, -0.2) is 0 Å². The van der Waals surface area contributed by atoms with Crippen molar-refractivity contribution in [3.63, 3.8) is 0 Å². The number of nitrogens with zero attached hydrogens (tertiary/aromatic N) is 1. The Morgan fingerprint density at radius 3 is 2.41 bits per heavy atom. The van der Waals surface area contributed by atoms with Gasteiger partial charge >= 0.3 is 0 Å². The minimum absolute atomic E-state index is 0.154. The van der Waals surface area contributed by atoms with Crippen LogP contribution in [0.25, 0.3) is 10.9 Å². The largest absolute Gasteiger partial charge is 0.348 e. The molecule has 4 rings (SSSR count). The summed E-state index contributed by atoms with van der Waals surface area (Å²) in [5, 5.41) is 6.30. The molecular weight excluding hydrogens is 402 g/mol. The first-order valence-corrected chi connectivity index (χ1v) is 10.3. The quantitative estimate of drug-likeness (QED) is 0.492. The number of rotatable bonds is 6. The van der Waals surface area contributed by atoms with Gasteiger partial charge in [-0.05, 0) is 36.2 Å². The molecule has 0 saturated carbocycles. The number of hydrogen-bond donors (Lipinski definition) is 2. The van der Waals surface area contributed by atoms with Crippen LogP contribution in [0.15, 0.2) is 89.7 Å². The smallest absolute Gasteiger partial charge is 0.252 e. The third kappa shape index (κ3) is 4.75. The number of aromatic nitrogens is 1. The van der Waals surface area contributed by atoms with Gasteiger partial charge in [-0.15, -0.1) is 0 Å². The van der Waals surface area contributed by atoms with Crippen molar-refractivity contribution < 1.29 is 9.59 Å². The van der Waals surface area contributed by atoms with Crippen LogP contribution in [0.4, 0.5) is 5.69 Å². The maximum absolute atomic E-state index is 12.9. The first-order valence-electron chi connectivity index (χ1n) is 10.3. The van der Waals surface area contributed by atoms with E-state index in [-0.39, 0.29) is 23.9 Å². The van der Waals surface area contributed by atoms with E-state index in [9.17, 15) is 14.4 Å². The van der Waals surface area contributed by atoms with Crippen molar-refractivity contribution in [2.75, 3.05) is 5.32 Å². The average Bonchev–Trinajstić information content (AvgIpc) is 2.80. The van der Waals surface area contributed by atoms with Gasteiger partial charge in [0.25, 0.3) is 11.5 Å². The lowest BCUT2D eigenvalue weighted by Gasteiger charge is -2.14. The second kappa shape index (κ2) is 9.31. The van der Waals surface area contributed by atoms with Gasteiger partial charge in [0, 0.05) is 23.7 Å². The van der Waals surface area contributed by atoms with Crippen LogP contribution in [0.5, 0.6) is 0 Å². The fraction of sp³-hybridized carbons (Fsp3) is 0.115. The van der Waals surface area contributed by atoms with E-state index in [4.69, 9.17) is 0 Å². The molecule has 0 aliphatic heterocycles. The topological polar surface area (TPSA) is 80.2 Å². The van der Waals surface area contributed by atoms with Gasteiger partial charge in [-0.3, -0.25) is 19.0 Å². The van der Waals surface area contributed by atoms with E-state index in [1.54, 1.807) is 30.3 Å². The lowest BCUT2D eigenvalue weighted by Crippen LogP contribution is -2.30. The van der Waals surface area contributed by atoms with Gasteiger partial charge in [0.1, 0.15) is 6.54 Å². The maximum Gasteiger partial charge on any atom is 0.252 e. The van der Waals surface area contributed by atoms with Crippen LogP contribution >= 0.6 is 0 Å². The molecule has 0 fully saturated rings. The molecule has 4 aromatic rings. The van der Waals surface area contributed by atoms with Crippen LogP contribution in [0, 0.1) is 6.92 Å². The highest BCUT2D eigenvalue weighted by atomic mass is 16.2. The van der Waals surface area contributed by atoms with Crippen LogP contribution in [0.2, 0.25) is 0 Å². The molecule has 0 spiro atoms. The number of fused-ring (bicyclic) bond motifs is 1. The van der Waals surface area contributed by atoms with Gasteiger partial charge in [-0.1, -0.05) is 60.7 Å². The summed E-state index contributed by atoms with van der Waals surface area (Å²) in [4.78, 5) is 38.3. The number of carbonyl (C=O) groups is 2. The number of pyridine rings is 1. The van der Waals surface area contributed by atoms with Gasteiger partial charge in [0.15, 0.2) is 0 Å². The van der Waals surface area contributed by atoms with E-state index in [0.717, 1.165) is 11.1 Å². The summed E-state index contributed by atoms with van der Waals surface area (Å²) in [6, 6.07) is 25.4. The molecular formula is C26H23N3O3. The molecule has 0 saturated heterocycles. The monoisotopic (exact) mass is 425 g/mol. The van der Waals surface area contributed by atoms with Crippen molar-refractivity contribution in [1.82, 2.24) is 9.88 Å². The molecule has 0 bridgehead atoms. The summed E-state index contributed by atoms with van der Waals surface area (Å²) in [5.41, 5.74) is 3.07. The summed E-state index contributed by atoms with van der Waals surface area (Å²) in [6.07, 6.45) is 0. The molecule has 0 aliphatic carbocycles. The summed E-state index contributed by atoms with van der Waals surface area (Å²) in [6.45, 7) is 2.14. The van der Waals surface area contributed by atoms with E-state index in [0.29, 0.717) is 23.1 Å². The molecule has 0 aliphatic rings. The lowest BCUT2D eigenvalue weighted by atomic mass is 10.1. The van der Waals surface area contributed by atoms with Crippen LogP contribution in [0.3, 0.4) is 0 Å². The second-order valence-corrected chi connectivity index (χ2v) is 7.59. The minimum Gasteiger partial charge on any atom is -0.348 e. The van der Waals surface area contributed by atoms with Crippen molar-refractivity contribution in [3.8, 4) is 0 Å². The fourth-order valence-corrected chi connectivity index (χ4v) is 3.63. The van der Waals surface area contributed by atoms with Gasteiger partial charge in [0.2, 0.25) is 5.91 Å². The first-order chi connectivity index (χ1) is 15.5. The molecule has 0 atom stereocenters. The highest BCUT2D eigenvalue weighted by Gasteiger charge is 2.16. The molecule has 0 radical (unpaired) electrons. The number of para-hydroxylation sites is 1. The Bertz CT molecular complexity index is 1340. The van der Waals surface area contributed by atoms with Gasteiger partial charge in [-0.2, -0.15) is 0 Å². The Labute approximate surface area is 185 Å². The summed E-state index contributed by atoms with van der Waals surface area (Å²) >= 11 is 0. The Hall–Kier alpha value is -4.19. The number of aryl methyl sites for hydroxylation is 1. The molecule has 2 N–H and O–H groups in total. The molecule has 1 heterocycles. The van der Waals surface area contributed by atoms with Crippen LogP contribution < -0.4 is 16.2 Å². The van der Waals surface area contributed by atoms with E-state index < -0.39 is 5.56 Å². The van der Waals surface area contributed by atoms with Crippen molar-refractivity contribution in [2.45, 2.75) is 20.0 Å². The Kier molecular flexibility index (Phi) is 6.12. The highest BCUT2D eigenvalue weighted by molar-refractivity contribution is 6.06. The van der Waals surface area contributed by atoms with E-state index in [1.165, 1.54) is 10.6 Å². The number of hydrogen-bond acceptors (Lipinski definition) is 3. The molecule has 1 aromatic heterocycles. The van der Waals surface area contributed by atoms with Crippen LogP contribution in [-0.2, 0) is 17.9 Å². The summed E-state index contributed by atoms with van der Waals surface area (Å²) in [7, 11) is 0. The van der Waals surface area contributed by atoms with E-state index in [2.05, 4.69) is 10.6 Å². The van der Waals surface area contributed by atoms with Gasteiger partial charge < -0.3 is 10.6 Å². The Morgan fingerprint density at radius 1 is 0.875 bits per heavy atom. The van der Waals surface area contributed by atoms with E-state index in [1.807, 2.05) is 55.5 Å². The lowest BCUT2D eigenvalue weighted by molar-refractivity contribution is -0.116. The number of nitrogens with one attached hydrogen (secondary N) is 2. The molecule has 160 valence electrons. The zero-order valence-electron chi connectivity index (χ0n) is 17.7. The predicted octanol–water partition coefficient (Wildman–Crippen LogP) is 3.88. The number of anilines is 1. The number of benzene rings is 3. The van der Waals surface area contributed by atoms with Crippen LogP contribution in [0.1, 0.15) is 21.5 Å². The maximum atomic E-state index is 12.9. The average molecular weight is 425 g/mol. The molecule has 32 heavy (non-hydrogen) atoms. The summed E-state index contributed by atoms with van der Waals surface area (Å²) in [5.74, 6) is -0.650. The molecule has 3 aromatic carbocycles. The molecule has 6 nitrogen and oxygen atoms in total. The third-order valence-electron chi connectivity index (χ3n) is 5.16. The van der Waals surface area contributed by atoms with Crippen molar-refractivity contribution in [1.29, 1.82) is 0 Å². The predicted molar refractivity (Wildman–Crippen MR) is 126 cm³/mol. The first kappa shape index (κ1) is 21.1. The van der Waals surface area contributed by atoms with Crippen molar-refractivity contribution in [3.05, 3.63) is 112 Å². The van der Waals surface area contributed by atoms with Gasteiger partial charge in [0.05, 0.1) is 11.1 Å². The zero-order valence-corrected chi connectivity index (χ0v) is 17.7. The fourth-order valence-electron chi connectivity index (χ4n) is 3.63. The van der Waals surface area contributed by atoms with Crippen LogP contribution in [-0.4, -0.2) is 16.4 Å². The standard InChI is InChI=1S/C26H23N3O3/c1-18-8-7-11-20(14-18)28-24(30)17-29-23-13-6-5-12-21(23)22(15-25(29)31)26(32)27-16-19-9-3-2-4-10-19/h2-15H,16-17H2,1H3,(H,27,32)(H,28,30). The highest BCUT2D eigenvalue weighted by Crippen LogP contribution is 2.18. The molecule has 2 amide bonds. The Balaban J connectivity index is 1.60. The molecule has 6 heteroatoms. The third-order valence-corrected chi connectivity index (χ3v) is 5.16. The second-order valence-electron chi connectivity index (χ2n) is 7.59. The minimum atomic E-state index is -0.409. The zero-order chi connectivity index (χ0) is 22.5. The Morgan fingerprint density at radius 2 is 1.62 bits per heavy atom. The van der Waals surface area contributed by atoms with E-state index >= 15 is 0 Å². The SMILES string of the molecule is Cc1cccc(NC(=O)Cn2c(=O)cc(C(=O)NCc3ccccc3)c3ccccc32)c1. The van der Waals surface area contributed by atoms with Crippen molar-refractivity contribution >= 4 is 28.4 Å². The normalized spacial score (nSPS) is 10.7. The van der Waals surface area contributed by atoms with Crippen molar-refractivity contribution in [2.24, 2.45) is 0 Å². The molecule has 0 unspecified atom stereocenters. The number of amides is 2. The number of carbonyl (C=O) groups excluding carboxylic acids is 2. The summed E-state index contributed by atoms with van der Waals surface area (Å²) < 4.78 is 1.38.